The fourth-order valence-electron chi connectivity index (χ4n) is 2.84. The van der Waals surface area contributed by atoms with Gasteiger partial charge in [0.15, 0.2) is 6.61 Å². The van der Waals surface area contributed by atoms with Gasteiger partial charge in [-0.2, -0.15) is 5.26 Å². The van der Waals surface area contributed by atoms with Crippen molar-refractivity contribution >= 4 is 23.7 Å². The Morgan fingerprint density at radius 3 is 2.11 bits per heavy atom. The molecule has 0 fully saturated rings. The van der Waals surface area contributed by atoms with Crippen molar-refractivity contribution in [3.8, 4) is 6.07 Å². The Balaban J connectivity index is 2.16. The number of hydrogen-bond acceptors (Lipinski definition) is 6. The number of imide groups is 1. The maximum Gasteiger partial charge on any atom is 0.330 e. The molecule has 3 amide bonds. The van der Waals surface area contributed by atoms with Crippen LogP contribution in [0.3, 0.4) is 0 Å². The zero-order chi connectivity index (χ0) is 21.2. The second kappa shape index (κ2) is 7.80. The molecule has 0 bridgehead atoms. The van der Waals surface area contributed by atoms with E-state index >= 15 is 0 Å². The van der Waals surface area contributed by atoms with Crippen LogP contribution in [0.1, 0.15) is 48.4 Å². The minimum atomic E-state index is -1.16. The van der Waals surface area contributed by atoms with Crippen LogP contribution in [-0.2, 0) is 14.3 Å². The number of carbonyl (C=O) groups is 4. The van der Waals surface area contributed by atoms with Gasteiger partial charge in [-0.3, -0.25) is 19.3 Å². The summed E-state index contributed by atoms with van der Waals surface area (Å²) in [7, 11) is 1.43. The van der Waals surface area contributed by atoms with E-state index in [1.807, 2.05) is 6.07 Å². The largest absolute Gasteiger partial charge is 0.454 e. The number of amides is 3. The Morgan fingerprint density at radius 1 is 1.18 bits per heavy atom. The first-order valence-corrected chi connectivity index (χ1v) is 8.84. The monoisotopic (exact) mass is 385 g/mol. The molecule has 8 heteroatoms. The van der Waals surface area contributed by atoms with Crippen molar-refractivity contribution in [2.75, 3.05) is 13.7 Å². The molecule has 0 aromatic heterocycles. The fraction of sp³-hybridized carbons (Fsp3) is 0.450. The highest BCUT2D eigenvalue weighted by Crippen LogP contribution is 2.27. The van der Waals surface area contributed by atoms with E-state index < -0.39 is 47.8 Å². The van der Waals surface area contributed by atoms with Crippen LogP contribution in [0.15, 0.2) is 24.3 Å². The normalized spacial score (nSPS) is 14.5. The van der Waals surface area contributed by atoms with Crippen LogP contribution < -0.4 is 0 Å². The van der Waals surface area contributed by atoms with Gasteiger partial charge in [0.25, 0.3) is 17.7 Å². The van der Waals surface area contributed by atoms with Gasteiger partial charge in [0.1, 0.15) is 11.6 Å². The number of benzene rings is 1. The molecular formula is C20H23N3O5. The molecule has 0 spiro atoms. The minimum Gasteiger partial charge on any atom is -0.454 e. The Kier molecular flexibility index (Phi) is 5.88. The van der Waals surface area contributed by atoms with E-state index in [-0.39, 0.29) is 11.1 Å². The van der Waals surface area contributed by atoms with Crippen molar-refractivity contribution < 1.29 is 23.9 Å². The number of rotatable bonds is 6. The van der Waals surface area contributed by atoms with Gasteiger partial charge >= 0.3 is 5.97 Å². The van der Waals surface area contributed by atoms with E-state index in [2.05, 4.69) is 0 Å². The Hall–Kier alpha value is -3.21. The lowest BCUT2D eigenvalue weighted by atomic mass is 10.0. The number of ether oxygens (including phenoxy) is 1. The molecule has 0 N–H and O–H groups in total. The van der Waals surface area contributed by atoms with Crippen molar-refractivity contribution in [3.05, 3.63) is 35.4 Å². The fourth-order valence-corrected chi connectivity index (χ4v) is 2.84. The molecule has 0 saturated heterocycles. The number of fused-ring (bicyclic) bond motifs is 1. The highest BCUT2D eigenvalue weighted by Gasteiger charge is 2.44. The van der Waals surface area contributed by atoms with Gasteiger partial charge in [-0.25, -0.2) is 4.79 Å². The van der Waals surface area contributed by atoms with Crippen molar-refractivity contribution in [1.82, 2.24) is 9.80 Å². The van der Waals surface area contributed by atoms with Gasteiger partial charge in [-0.05, 0) is 31.9 Å². The predicted molar refractivity (Wildman–Crippen MR) is 99.0 cm³/mol. The average Bonchev–Trinajstić information content (AvgIpc) is 2.91. The number of hydrogen-bond donors (Lipinski definition) is 0. The van der Waals surface area contributed by atoms with Gasteiger partial charge in [0, 0.05) is 7.05 Å². The molecule has 0 saturated carbocycles. The van der Waals surface area contributed by atoms with Crippen LogP contribution in [0.2, 0.25) is 0 Å². The topological polar surface area (TPSA) is 108 Å². The first kappa shape index (κ1) is 21.1. The predicted octanol–water partition coefficient (Wildman–Crippen LogP) is 1.61. The summed E-state index contributed by atoms with van der Waals surface area (Å²) in [6, 6.07) is 7.16. The Labute approximate surface area is 163 Å². The van der Waals surface area contributed by atoms with Gasteiger partial charge in [0.2, 0.25) is 0 Å². The van der Waals surface area contributed by atoms with Crippen molar-refractivity contribution in [2.24, 2.45) is 5.92 Å². The van der Waals surface area contributed by atoms with E-state index in [0.29, 0.717) is 0 Å². The second-order valence-corrected chi connectivity index (χ2v) is 7.45. The van der Waals surface area contributed by atoms with E-state index in [9.17, 15) is 19.2 Å². The average molecular weight is 385 g/mol. The smallest absolute Gasteiger partial charge is 0.330 e. The summed E-state index contributed by atoms with van der Waals surface area (Å²) in [4.78, 5) is 52.3. The molecule has 1 aliphatic rings. The summed E-state index contributed by atoms with van der Waals surface area (Å²) in [5, 5.41) is 9.11. The van der Waals surface area contributed by atoms with Gasteiger partial charge in [0.05, 0.1) is 17.2 Å². The van der Waals surface area contributed by atoms with Gasteiger partial charge in [-0.15, -0.1) is 0 Å². The highest BCUT2D eigenvalue weighted by molar-refractivity contribution is 6.22. The van der Waals surface area contributed by atoms with Gasteiger partial charge < -0.3 is 9.64 Å². The van der Waals surface area contributed by atoms with Crippen molar-refractivity contribution in [3.63, 3.8) is 0 Å². The summed E-state index contributed by atoms with van der Waals surface area (Å²) in [5.74, 6) is -2.96. The van der Waals surface area contributed by atoms with Crippen molar-refractivity contribution in [2.45, 2.75) is 39.3 Å². The van der Waals surface area contributed by atoms with E-state index in [4.69, 9.17) is 10.00 Å². The maximum absolute atomic E-state index is 12.7. The number of nitrogens with zero attached hydrogens (tertiary/aromatic N) is 3. The first-order chi connectivity index (χ1) is 13.0. The van der Waals surface area contributed by atoms with Crippen LogP contribution >= 0.6 is 0 Å². The Morgan fingerprint density at radius 2 is 1.68 bits per heavy atom. The third kappa shape index (κ3) is 3.74. The van der Waals surface area contributed by atoms with E-state index in [1.165, 1.54) is 24.1 Å². The summed E-state index contributed by atoms with van der Waals surface area (Å²) < 4.78 is 5.11. The molecule has 8 nitrogen and oxygen atoms in total. The number of esters is 1. The molecule has 0 radical (unpaired) electrons. The van der Waals surface area contributed by atoms with Crippen LogP contribution in [0, 0.1) is 17.2 Å². The molecule has 1 atom stereocenters. The molecule has 0 aliphatic carbocycles. The van der Waals surface area contributed by atoms with Crippen LogP contribution in [0.4, 0.5) is 0 Å². The minimum absolute atomic E-state index is 0.234. The molecule has 1 heterocycles. The first-order valence-electron chi connectivity index (χ1n) is 8.84. The molecular weight excluding hydrogens is 362 g/mol. The van der Waals surface area contributed by atoms with Gasteiger partial charge in [-0.1, -0.05) is 26.0 Å². The molecule has 2 rings (SSSR count). The Bertz CT molecular complexity index is 834. The molecule has 148 valence electrons. The quantitative estimate of drug-likeness (QED) is 0.544. The summed E-state index contributed by atoms with van der Waals surface area (Å²) in [5.41, 5.74) is -0.598. The van der Waals surface area contributed by atoms with E-state index in [0.717, 1.165) is 4.90 Å². The zero-order valence-corrected chi connectivity index (χ0v) is 16.6. The lowest BCUT2D eigenvalue weighted by Gasteiger charge is -2.30. The maximum atomic E-state index is 12.7. The lowest BCUT2D eigenvalue weighted by molar-refractivity contribution is -0.157. The number of carbonyl (C=O) groups excluding carboxylic acids is 4. The van der Waals surface area contributed by atoms with Crippen LogP contribution in [-0.4, -0.2) is 58.7 Å². The molecule has 1 aliphatic heterocycles. The van der Waals surface area contributed by atoms with E-state index in [1.54, 1.807) is 39.8 Å². The molecule has 1 aromatic carbocycles. The SMILES string of the molecule is CC(C)[C@H](C(=O)OCC(=O)N(C)C(C)(C)C#N)N1C(=O)c2ccccc2C1=O. The second-order valence-electron chi connectivity index (χ2n) is 7.45. The third-order valence-corrected chi connectivity index (χ3v) is 4.80. The van der Waals surface area contributed by atoms with Crippen LogP contribution in [0.5, 0.6) is 0 Å². The summed E-state index contributed by atoms with van der Waals surface area (Å²) >= 11 is 0. The lowest BCUT2D eigenvalue weighted by Crippen LogP contribution is -2.50. The molecule has 0 unspecified atom stereocenters. The van der Waals surface area contributed by atoms with Crippen molar-refractivity contribution in [1.29, 1.82) is 5.26 Å². The zero-order valence-electron chi connectivity index (χ0n) is 16.6. The summed E-state index contributed by atoms with van der Waals surface area (Å²) in [6.07, 6.45) is 0. The third-order valence-electron chi connectivity index (χ3n) is 4.80. The standard InChI is InChI=1S/C20H23N3O5/c1-12(2)16(19(27)28-10-15(24)22(5)20(3,4)11-21)23-17(25)13-8-6-7-9-14(13)18(23)26/h6-9,12,16H,10H2,1-5H3/t16-/m1/s1. The molecule has 28 heavy (non-hydrogen) atoms. The molecule has 1 aromatic rings. The number of likely N-dealkylation sites (N-methyl/N-ethyl adjacent to an activating group) is 1. The highest BCUT2D eigenvalue weighted by atomic mass is 16.5. The summed E-state index contributed by atoms with van der Waals surface area (Å²) in [6.45, 7) is 5.89. The number of nitriles is 1. The van der Waals surface area contributed by atoms with Crippen LogP contribution in [0.25, 0.3) is 0 Å².